The lowest BCUT2D eigenvalue weighted by Crippen LogP contribution is -2.27. The van der Waals surface area contributed by atoms with E-state index >= 15 is 0 Å². The molecule has 0 amide bonds. The number of hydrogen-bond acceptors (Lipinski definition) is 2. The maximum atomic E-state index is 4.84. The third kappa shape index (κ3) is 3.08. The van der Waals surface area contributed by atoms with Crippen molar-refractivity contribution in [1.82, 2.24) is 0 Å². The molecule has 0 fully saturated rings. The third-order valence-corrected chi connectivity index (χ3v) is 1.59. The summed E-state index contributed by atoms with van der Waals surface area (Å²) in [5.74, 6) is 0. The van der Waals surface area contributed by atoms with Crippen molar-refractivity contribution in [2.24, 2.45) is 0 Å². The van der Waals surface area contributed by atoms with Crippen molar-refractivity contribution < 1.29 is 9.31 Å². The van der Waals surface area contributed by atoms with E-state index in [9.17, 15) is 0 Å². The third-order valence-electron chi connectivity index (χ3n) is 0.842. The van der Waals surface area contributed by atoms with E-state index in [4.69, 9.17) is 9.31 Å². The van der Waals surface area contributed by atoms with Gasteiger partial charge in [0.1, 0.15) is 0 Å². The Morgan fingerprint density at radius 3 is 1.57 bits per heavy atom. The zero-order valence-electron chi connectivity index (χ0n) is 4.77. The molecule has 0 aromatic heterocycles. The second kappa shape index (κ2) is 2.69. The smallest absolute Gasteiger partial charge is 0.303 e. The standard InChI is InChI=1S/C3H9BBrO2/c1-4(5,6-2)7-3/h1-3H3/q-1. The summed E-state index contributed by atoms with van der Waals surface area (Å²) in [7, 11) is 3.19. The van der Waals surface area contributed by atoms with Crippen LogP contribution in [0.4, 0.5) is 0 Å². The number of hydrogen-bond donors (Lipinski definition) is 0. The molecule has 2 nitrogen and oxygen atoms in total. The van der Waals surface area contributed by atoms with Gasteiger partial charge in [0.05, 0.1) is 0 Å². The van der Waals surface area contributed by atoms with Gasteiger partial charge in [0.25, 0.3) is 0 Å². The lowest BCUT2D eigenvalue weighted by Gasteiger charge is -2.26. The van der Waals surface area contributed by atoms with Crippen LogP contribution in [0.15, 0.2) is 0 Å². The molecule has 0 N–H and O–H groups in total. The normalized spacial score (nSPS) is 12.0. The molecule has 0 aromatic rings. The molecule has 44 valence electrons. The quantitative estimate of drug-likeness (QED) is 0.577. The second-order valence-corrected chi connectivity index (χ2v) is 3.10. The van der Waals surface area contributed by atoms with Crippen LogP contribution in [0.1, 0.15) is 0 Å². The fourth-order valence-electron chi connectivity index (χ4n) is 0.0962. The van der Waals surface area contributed by atoms with Crippen molar-refractivity contribution in [2.75, 3.05) is 14.2 Å². The van der Waals surface area contributed by atoms with Crippen molar-refractivity contribution in [3.63, 3.8) is 0 Å². The monoisotopic (exact) mass is 167 g/mol. The number of rotatable bonds is 2. The molecule has 0 saturated heterocycles. The highest BCUT2D eigenvalue weighted by Crippen LogP contribution is 2.10. The molecule has 0 spiro atoms. The molecule has 0 aliphatic rings. The van der Waals surface area contributed by atoms with Crippen molar-refractivity contribution in [2.45, 2.75) is 6.82 Å². The minimum absolute atomic E-state index is 1.16. The first-order valence-corrected chi connectivity index (χ1v) is 3.00. The average molecular weight is 168 g/mol. The molecule has 0 bridgehead atoms. The fourth-order valence-corrected chi connectivity index (χ4v) is 0.0962. The van der Waals surface area contributed by atoms with Gasteiger partial charge >= 0.3 is 5.38 Å². The highest BCUT2D eigenvalue weighted by Gasteiger charge is 2.09. The minimum atomic E-state index is -1.16. The van der Waals surface area contributed by atoms with Gasteiger partial charge in [0.2, 0.25) is 0 Å². The predicted octanol–water partition coefficient (Wildman–Crippen LogP) is 1.24. The van der Waals surface area contributed by atoms with Crippen LogP contribution in [0.2, 0.25) is 6.82 Å². The summed E-state index contributed by atoms with van der Waals surface area (Å²) >= 11 is 3.20. The Bertz CT molecular complexity index is 50.9. The van der Waals surface area contributed by atoms with Gasteiger partial charge in [0, 0.05) is 0 Å². The average Bonchev–Trinajstić information content (AvgIpc) is 1.68. The lowest BCUT2D eigenvalue weighted by atomic mass is 9.95. The maximum Gasteiger partial charge on any atom is 0.303 e. The summed E-state index contributed by atoms with van der Waals surface area (Å²) in [6.07, 6.45) is 0. The van der Waals surface area contributed by atoms with Crippen molar-refractivity contribution >= 4 is 21.1 Å². The lowest BCUT2D eigenvalue weighted by molar-refractivity contribution is 0.278. The van der Waals surface area contributed by atoms with E-state index in [2.05, 4.69) is 15.8 Å². The van der Waals surface area contributed by atoms with Crippen LogP contribution >= 0.6 is 15.8 Å². The van der Waals surface area contributed by atoms with Gasteiger partial charge in [0.15, 0.2) is 0 Å². The number of halogens is 1. The van der Waals surface area contributed by atoms with E-state index in [1.54, 1.807) is 14.2 Å². The fraction of sp³-hybridized carbons (Fsp3) is 1.00. The van der Waals surface area contributed by atoms with Gasteiger partial charge < -0.3 is 9.31 Å². The minimum Gasteiger partial charge on any atom is -0.562 e. The predicted molar refractivity (Wildman–Crippen MR) is 34.6 cm³/mol. The van der Waals surface area contributed by atoms with Crippen LogP contribution in [0.5, 0.6) is 0 Å². The molecule has 0 aromatic carbocycles. The Morgan fingerprint density at radius 1 is 1.29 bits per heavy atom. The zero-order valence-corrected chi connectivity index (χ0v) is 6.36. The van der Waals surface area contributed by atoms with Crippen LogP contribution in [-0.2, 0) is 9.31 Å². The van der Waals surface area contributed by atoms with Gasteiger partial charge in [-0.25, -0.2) is 0 Å². The van der Waals surface area contributed by atoms with Crippen molar-refractivity contribution in [3.8, 4) is 0 Å². The molecule has 0 radical (unpaired) electrons. The molecule has 0 atom stereocenters. The molecule has 7 heavy (non-hydrogen) atoms. The first-order valence-electron chi connectivity index (χ1n) is 2.08. The molecule has 0 saturated carbocycles. The highest BCUT2D eigenvalue weighted by molar-refractivity contribution is 9.25. The van der Waals surface area contributed by atoms with Gasteiger partial charge in [-0.2, -0.15) is 0 Å². The Kier molecular flexibility index (Phi) is 2.87. The molecular formula is C3H9BBrO2-. The first kappa shape index (κ1) is 7.46. The summed E-state index contributed by atoms with van der Waals surface area (Å²) in [6, 6.07) is 0. The van der Waals surface area contributed by atoms with E-state index < -0.39 is 5.38 Å². The van der Waals surface area contributed by atoms with Crippen LogP contribution < -0.4 is 0 Å². The van der Waals surface area contributed by atoms with E-state index in [0.717, 1.165) is 0 Å². The van der Waals surface area contributed by atoms with Crippen LogP contribution in [-0.4, -0.2) is 19.6 Å². The van der Waals surface area contributed by atoms with E-state index in [1.807, 2.05) is 6.82 Å². The van der Waals surface area contributed by atoms with Gasteiger partial charge in [-0.05, 0) is 14.2 Å². The molecule has 0 heterocycles. The van der Waals surface area contributed by atoms with Crippen LogP contribution in [0.3, 0.4) is 0 Å². The molecule has 0 rings (SSSR count). The van der Waals surface area contributed by atoms with Crippen molar-refractivity contribution in [1.29, 1.82) is 0 Å². The summed E-state index contributed by atoms with van der Waals surface area (Å²) in [4.78, 5) is 0. The molecule has 0 aliphatic heterocycles. The summed E-state index contributed by atoms with van der Waals surface area (Å²) in [5.41, 5.74) is 0. The Hall–Kier alpha value is 0.465. The summed E-state index contributed by atoms with van der Waals surface area (Å²) < 4.78 is 9.69. The molecule has 0 unspecified atom stereocenters. The Morgan fingerprint density at radius 2 is 1.57 bits per heavy atom. The SMILES string of the molecule is CO[B-](C)(Br)OC. The van der Waals surface area contributed by atoms with E-state index in [0.29, 0.717) is 0 Å². The largest absolute Gasteiger partial charge is 0.562 e. The maximum absolute atomic E-state index is 4.84. The molecule has 4 heteroatoms. The van der Waals surface area contributed by atoms with Gasteiger partial charge in [-0.1, -0.05) is 0 Å². The first-order chi connectivity index (χ1) is 3.12. The van der Waals surface area contributed by atoms with Gasteiger partial charge in [-0.15, -0.1) is 6.82 Å². The van der Waals surface area contributed by atoms with E-state index in [-0.39, 0.29) is 0 Å². The Labute approximate surface area is 52.1 Å². The molecule has 0 aliphatic carbocycles. The summed E-state index contributed by atoms with van der Waals surface area (Å²) in [6.45, 7) is 1.83. The second-order valence-electron chi connectivity index (χ2n) is 1.44. The zero-order chi connectivity index (χ0) is 5.91. The highest BCUT2D eigenvalue weighted by atomic mass is 79.9. The Balaban J connectivity index is 3.36. The van der Waals surface area contributed by atoms with Crippen LogP contribution in [0.25, 0.3) is 0 Å². The molecular weight excluding hydrogens is 159 g/mol. The van der Waals surface area contributed by atoms with Crippen LogP contribution in [0, 0.1) is 0 Å². The van der Waals surface area contributed by atoms with E-state index in [1.165, 1.54) is 0 Å². The van der Waals surface area contributed by atoms with Crippen molar-refractivity contribution in [3.05, 3.63) is 0 Å². The topological polar surface area (TPSA) is 18.5 Å². The van der Waals surface area contributed by atoms with Gasteiger partial charge in [-0.3, -0.25) is 15.8 Å². The summed E-state index contributed by atoms with van der Waals surface area (Å²) in [5, 5.41) is -1.16.